The van der Waals surface area contributed by atoms with Crippen molar-refractivity contribution in [3.63, 3.8) is 0 Å². The fraction of sp³-hybridized carbons (Fsp3) is 0.240. The van der Waals surface area contributed by atoms with E-state index in [-0.39, 0.29) is 11.5 Å². The molecule has 0 aliphatic heterocycles. The number of anilines is 1. The van der Waals surface area contributed by atoms with Gasteiger partial charge in [0.25, 0.3) is 0 Å². The lowest BCUT2D eigenvalue weighted by Gasteiger charge is -2.18. The van der Waals surface area contributed by atoms with Crippen molar-refractivity contribution in [2.45, 2.75) is 32.1 Å². The summed E-state index contributed by atoms with van der Waals surface area (Å²) in [5.41, 5.74) is 2.82. The van der Waals surface area contributed by atoms with Crippen LogP contribution in [0.3, 0.4) is 0 Å². The summed E-state index contributed by atoms with van der Waals surface area (Å²) < 4.78 is 33.3. The molecule has 35 heavy (non-hydrogen) atoms. The first-order valence-corrected chi connectivity index (χ1v) is 11.2. The minimum atomic E-state index is -1.01. The number of nitrogens with one attached hydrogen (secondary N) is 2. The molecule has 2 heterocycles. The normalized spacial score (nSPS) is 13.9. The second-order valence-electron chi connectivity index (χ2n) is 8.45. The number of carbonyl (C=O) groups is 1. The minimum absolute atomic E-state index is 0.198. The van der Waals surface area contributed by atoms with Gasteiger partial charge in [0.05, 0.1) is 12.0 Å². The minimum Gasteiger partial charge on any atom is -0.478 e. The summed E-state index contributed by atoms with van der Waals surface area (Å²) in [5, 5.41) is 17.0. The molecule has 0 bridgehead atoms. The highest BCUT2D eigenvalue weighted by molar-refractivity contribution is 6.02. The number of pyridine rings is 1. The molecule has 5 rings (SSSR count). The highest BCUT2D eigenvalue weighted by atomic mass is 19.1. The van der Waals surface area contributed by atoms with Crippen molar-refractivity contribution in [1.82, 2.24) is 25.6 Å². The Bertz CT molecular complexity index is 1400. The fourth-order valence-electron chi connectivity index (χ4n) is 4.21. The monoisotopic (exact) mass is 476 g/mol. The summed E-state index contributed by atoms with van der Waals surface area (Å²) >= 11 is 0. The lowest BCUT2D eigenvalue weighted by molar-refractivity contribution is -0.118. The third-order valence-corrected chi connectivity index (χ3v) is 6.13. The summed E-state index contributed by atoms with van der Waals surface area (Å²) in [4.78, 5) is 17.6. The molecule has 1 aliphatic rings. The SMILES string of the molecule is CCOc1ncc(-c2ccc(NC(=O)C3(c4ccc(F)cc4F)CC3)cc2-c2nnn[nH]2)cc1C. The molecule has 2 N–H and O–H groups in total. The van der Waals surface area contributed by atoms with E-state index in [0.29, 0.717) is 42.4 Å². The maximum atomic E-state index is 14.4. The zero-order chi connectivity index (χ0) is 24.6. The van der Waals surface area contributed by atoms with Crippen LogP contribution in [-0.2, 0) is 10.2 Å². The highest BCUT2D eigenvalue weighted by Gasteiger charge is 2.52. The summed E-state index contributed by atoms with van der Waals surface area (Å²) in [6.07, 6.45) is 2.67. The molecule has 1 aliphatic carbocycles. The molecule has 2 aromatic heterocycles. The van der Waals surface area contributed by atoms with Crippen molar-refractivity contribution in [2.75, 3.05) is 11.9 Å². The van der Waals surface area contributed by atoms with Gasteiger partial charge < -0.3 is 10.1 Å². The van der Waals surface area contributed by atoms with Gasteiger partial charge in [-0.05, 0) is 66.9 Å². The number of aromatic nitrogens is 5. The quantitative estimate of drug-likeness (QED) is 0.404. The standard InChI is InChI=1S/C25H22F2N6O2/c1-3-35-23-14(2)10-15(13-28-23)18-6-5-17(12-19(18)22-30-32-33-31-22)29-24(34)25(8-9-25)20-7-4-16(26)11-21(20)27/h4-7,10-13H,3,8-9H2,1-2H3,(H,29,34)(H,30,31,32,33). The third kappa shape index (κ3) is 4.23. The van der Waals surface area contributed by atoms with Crippen molar-refractivity contribution in [3.05, 3.63) is 71.4 Å². The predicted octanol–water partition coefficient (Wildman–Crippen LogP) is 4.58. The number of rotatable bonds is 7. The Labute approximate surface area is 199 Å². The Morgan fingerprint density at radius 2 is 1.97 bits per heavy atom. The number of hydrogen-bond acceptors (Lipinski definition) is 6. The zero-order valence-electron chi connectivity index (χ0n) is 19.1. The van der Waals surface area contributed by atoms with Gasteiger partial charge in [-0.2, -0.15) is 0 Å². The lowest BCUT2D eigenvalue weighted by Crippen LogP contribution is -2.28. The molecular weight excluding hydrogens is 454 g/mol. The van der Waals surface area contributed by atoms with Crippen molar-refractivity contribution in [2.24, 2.45) is 0 Å². The smallest absolute Gasteiger partial charge is 0.235 e. The van der Waals surface area contributed by atoms with E-state index in [9.17, 15) is 13.6 Å². The number of carbonyl (C=O) groups excluding carboxylic acids is 1. The molecule has 0 atom stereocenters. The molecule has 1 saturated carbocycles. The van der Waals surface area contributed by atoms with Crippen LogP contribution in [0.4, 0.5) is 14.5 Å². The highest BCUT2D eigenvalue weighted by Crippen LogP contribution is 2.50. The van der Waals surface area contributed by atoms with E-state index >= 15 is 0 Å². The lowest BCUT2D eigenvalue weighted by atomic mass is 9.93. The van der Waals surface area contributed by atoms with Crippen LogP contribution in [-0.4, -0.2) is 38.1 Å². The Hall–Kier alpha value is -4.21. The van der Waals surface area contributed by atoms with Crippen molar-refractivity contribution in [1.29, 1.82) is 0 Å². The molecular formula is C25H22F2N6O2. The van der Waals surface area contributed by atoms with E-state index in [1.807, 2.05) is 26.0 Å². The van der Waals surface area contributed by atoms with E-state index in [2.05, 4.69) is 30.9 Å². The molecule has 1 amide bonds. The summed E-state index contributed by atoms with van der Waals surface area (Å²) in [7, 11) is 0. The topological polar surface area (TPSA) is 106 Å². The van der Waals surface area contributed by atoms with Crippen molar-refractivity contribution in [3.8, 4) is 28.4 Å². The van der Waals surface area contributed by atoms with Gasteiger partial charge in [-0.1, -0.05) is 12.1 Å². The van der Waals surface area contributed by atoms with Crippen LogP contribution in [0.5, 0.6) is 5.88 Å². The zero-order valence-corrected chi connectivity index (χ0v) is 19.1. The third-order valence-electron chi connectivity index (χ3n) is 6.13. The number of H-pyrrole nitrogens is 1. The molecule has 4 aromatic rings. The van der Waals surface area contributed by atoms with Crippen LogP contribution in [0, 0.1) is 18.6 Å². The van der Waals surface area contributed by atoms with Gasteiger partial charge in [0.2, 0.25) is 11.8 Å². The first-order chi connectivity index (χ1) is 16.9. The van der Waals surface area contributed by atoms with Crippen LogP contribution in [0.1, 0.15) is 30.9 Å². The Kier molecular flexibility index (Phi) is 5.72. The van der Waals surface area contributed by atoms with E-state index in [0.717, 1.165) is 22.8 Å². The second-order valence-corrected chi connectivity index (χ2v) is 8.45. The number of aromatic amines is 1. The van der Waals surface area contributed by atoms with Gasteiger partial charge in [-0.25, -0.2) is 18.9 Å². The molecule has 8 nitrogen and oxygen atoms in total. The number of halogens is 2. The molecule has 1 fully saturated rings. The average Bonchev–Trinajstić information content (AvgIpc) is 3.45. The van der Waals surface area contributed by atoms with Gasteiger partial charge in [-0.15, -0.1) is 5.10 Å². The number of benzene rings is 2. The molecule has 2 aromatic carbocycles. The number of nitrogens with zero attached hydrogens (tertiary/aromatic N) is 4. The van der Waals surface area contributed by atoms with Crippen LogP contribution >= 0.6 is 0 Å². The summed E-state index contributed by atoms with van der Waals surface area (Å²) in [6, 6.07) is 10.6. The molecule has 0 spiro atoms. The second kappa shape index (κ2) is 8.86. The van der Waals surface area contributed by atoms with Crippen LogP contribution < -0.4 is 10.1 Å². The Morgan fingerprint density at radius 1 is 1.14 bits per heavy atom. The van der Waals surface area contributed by atoms with Crippen LogP contribution in [0.2, 0.25) is 0 Å². The Morgan fingerprint density at radius 3 is 2.63 bits per heavy atom. The maximum Gasteiger partial charge on any atom is 0.235 e. The molecule has 0 radical (unpaired) electrons. The average molecular weight is 476 g/mol. The largest absolute Gasteiger partial charge is 0.478 e. The van der Waals surface area contributed by atoms with Crippen molar-refractivity contribution < 1.29 is 18.3 Å². The van der Waals surface area contributed by atoms with Gasteiger partial charge in [0.15, 0.2) is 5.82 Å². The molecule has 0 saturated heterocycles. The van der Waals surface area contributed by atoms with Crippen LogP contribution in [0.15, 0.2) is 48.7 Å². The number of aryl methyl sites for hydroxylation is 1. The van der Waals surface area contributed by atoms with Gasteiger partial charge in [0.1, 0.15) is 11.6 Å². The summed E-state index contributed by atoms with van der Waals surface area (Å²) in [6.45, 7) is 4.32. The van der Waals surface area contributed by atoms with E-state index in [4.69, 9.17) is 4.74 Å². The van der Waals surface area contributed by atoms with E-state index in [1.54, 1.807) is 18.3 Å². The number of tetrazole rings is 1. The maximum absolute atomic E-state index is 14.4. The Balaban J connectivity index is 1.48. The summed E-state index contributed by atoms with van der Waals surface area (Å²) in [5.74, 6) is -0.780. The number of amides is 1. The molecule has 178 valence electrons. The van der Waals surface area contributed by atoms with Gasteiger partial charge in [0, 0.05) is 40.2 Å². The first kappa shape index (κ1) is 22.6. The fourth-order valence-corrected chi connectivity index (χ4v) is 4.21. The van der Waals surface area contributed by atoms with Gasteiger partial charge in [-0.3, -0.25) is 4.79 Å². The number of ether oxygens (including phenoxy) is 1. The molecule has 0 unspecified atom stereocenters. The first-order valence-electron chi connectivity index (χ1n) is 11.2. The molecule has 10 heteroatoms. The van der Waals surface area contributed by atoms with E-state index in [1.165, 1.54) is 12.1 Å². The van der Waals surface area contributed by atoms with E-state index < -0.39 is 17.0 Å². The van der Waals surface area contributed by atoms with Crippen LogP contribution in [0.25, 0.3) is 22.5 Å². The van der Waals surface area contributed by atoms with Gasteiger partial charge >= 0.3 is 0 Å². The predicted molar refractivity (Wildman–Crippen MR) is 125 cm³/mol. The number of hydrogen-bond donors (Lipinski definition) is 2. The van der Waals surface area contributed by atoms with Crippen molar-refractivity contribution >= 4 is 11.6 Å².